The molecule has 0 radical (unpaired) electrons. The quantitative estimate of drug-likeness (QED) is 0.770. The molecule has 0 aliphatic carbocycles. The first-order valence-corrected chi connectivity index (χ1v) is 6.88. The van der Waals surface area contributed by atoms with Crippen molar-refractivity contribution in [3.05, 3.63) is 35.2 Å². The number of rotatable bonds is 4. The lowest BCUT2D eigenvalue weighted by molar-refractivity contribution is -0.117. The molecule has 0 N–H and O–H groups in total. The van der Waals surface area contributed by atoms with E-state index in [2.05, 4.69) is 31.2 Å². The Labute approximate surface area is 123 Å². The number of ether oxygens (including phenoxy) is 1. The van der Waals surface area contributed by atoms with E-state index in [0.29, 0.717) is 18.9 Å². The van der Waals surface area contributed by atoms with Crippen LogP contribution in [0.1, 0.15) is 0 Å². The van der Waals surface area contributed by atoms with Gasteiger partial charge in [-0.25, -0.2) is 9.67 Å². The average molecular weight is 338 g/mol. The lowest BCUT2D eigenvalue weighted by Gasteiger charge is -2.19. The van der Waals surface area contributed by atoms with Crippen molar-refractivity contribution in [3.8, 4) is 0 Å². The molecule has 1 saturated heterocycles. The highest BCUT2D eigenvalue weighted by atomic mass is 79.9. The molecule has 3 heterocycles. The molecule has 7 nitrogen and oxygen atoms in total. The van der Waals surface area contributed by atoms with Crippen LogP contribution in [-0.4, -0.2) is 45.1 Å². The molecule has 1 aliphatic heterocycles. The summed E-state index contributed by atoms with van der Waals surface area (Å²) in [5.74, 6) is 0.714. The van der Waals surface area contributed by atoms with Gasteiger partial charge in [0.15, 0.2) is 12.5 Å². The number of aldehydes is 1. The Kier molecular flexibility index (Phi) is 3.75. The van der Waals surface area contributed by atoms with Crippen molar-refractivity contribution in [2.45, 2.75) is 18.9 Å². The predicted octanol–water partition coefficient (Wildman–Crippen LogP) is 0.866. The van der Waals surface area contributed by atoms with E-state index < -0.39 is 6.23 Å². The summed E-state index contributed by atoms with van der Waals surface area (Å²) in [6, 6.07) is 3.73. The molecule has 0 bridgehead atoms. The van der Waals surface area contributed by atoms with Gasteiger partial charge in [-0.3, -0.25) is 4.79 Å². The van der Waals surface area contributed by atoms with E-state index in [4.69, 9.17) is 4.74 Å². The van der Waals surface area contributed by atoms with Gasteiger partial charge in [0.05, 0.1) is 25.4 Å². The fourth-order valence-corrected chi connectivity index (χ4v) is 2.38. The number of pyridine rings is 1. The van der Waals surface area contributed by atoms with Crippen LogP contribution < -0.4 is 4.90 Å². The minimum absolute atomic E-state index is 0.127. The number of anilines is 1. The van der Waals surface area contributed by atoms with Gasteiger partial charge in [0.25, 0.3) is 0 Å². The number of hydrogen-bond donors (Lipinski definition) is 0. The standard InChI is InChI=1S/C12H12BrN5O2/c13-9-1-2-11(14-5-9)18-7-10(20-12(18)8-19)6-17-4-3-15-16-17/h1-5,8,10,12H,6-7H2. The molecule has 2 atom stereocenters. The van der Waals surface area contributed by atoms with Crippen LogP contribution in [0.25, 0.3) is 0 Å². The number of carbonyl (C=O) groups excluding carboxylic acids is 1. The zero-order chi connectivity index (χ0) is 13.9. The van der Waals surface area contributed by atoms with Crippen LogP contribution in [0, 0.1) is 0 Å². The molecular formula is C12H12BrN5O2. The minimum Gasteiger partial charge on any atom is -0.344 e. The SMILES string of the molecule is O=CC1OC(Cn2ccnn2)CN1c1ccc(Br)cn1. The Morgan fingerprint density at radius 3 is 3.05 bits per heavy atom. The number of nitrogens with zero attached hydrogens (tertiary/aromatic N) is 5. The second-order valence-electron chi connectivity index (χ2n) is 4.40. The molecule has 2 aromatic heterocycles. The Balaban J connectivity index is 1.74. The summed E-state index contributed by atoms with van der Waals surface area (Å²) in [7, 11) is 0. The van der Waals surface area contributed by atoms with Crippen molar-refractivity contribution in [3.63, 3.8) is 0 Å². The van der Waals surface area contributed by atoms with Crippen LogP contribution >= 0.6 is 15.9 Å². The molecule has 2 aromatic rings. The fraction of sp³-hybridized carbons (Fsp3) is 0.333. The fourth-order valence-electron chi connectivity index (χ4n) is 2.14. The largest absolute Gasteiger partial charge is 0.344 e. The van der Waals surface area contributed by atoms with Gasteiger partial charge >= 0.3 is 0 Å². The molecule has 1 fully saturated rings. The normalized spacial score (nSPS) is 22.1. The van der Waals surface area contributed by atoms with E-state index >= 15 is 0 Å². The number of hydrogen-bond acceptors (Lipinski definition) is 6. The lowest BCUT2D eigenvalue weighted by atomic mass is 10.3. The van der Waals surface area contributed by atoms with Crippen molar-refractivity contribution in [1.82, 2.24) is 20.0 Å². The predicted molar refractivity (Wildman–Crippen MR) is 74.0 cm³/mol. The van der Waals surface area contributed by atoms with E-state index in [0.717, 1.165) is 10.8 Å². The first-order valence-electron chi connectivity index (χ1n) is 6.09. The Morgan fingerprint density at radius 2 is 2.40 bits per heavy atom. The number of aromatic nitrogens is 4. The van der Waals surface area contributed by atoms with Gasteiger partial charge in [0.2, 0.25) is 0 Å². The van der Waals surface area contributed by atoms with Crippen molar-refractivity contribution >= 4 is 28.0 Å². The molecule has 0 spiro atoms. The van der Waals surface area contributed by atoms with Gasteiger partial charge in [-0.1, -0.05) is 5.21 Å². The van der Waals surface area contributed by atoms with E-state index in [1.165, 1.54) is 0 Å². The topological polar surface area (TPSA) is 73.1 Å². The van der Waals surface area contributed by atoms with Gasteiger partial charge < -0.3 is 9.64 Å². The number of carbonyl (C=O) groups is 1. The van der Waals surface area contributed by atoms with Crippen molar-refractivity contribution < 1.29 is 9.53 Å². The van der Waals surface area contributed by atoms with Crippen LogP contribution in [-0.2, 0) is 16.1 Å². The third kappa shape index (κ3) is 2.70. The monoisotopic (exact) mass is 337 g/mol. The summed E-state index contributed by atoms with van der Waals surface area (Å²) in [5.41, 5.74) is 0. The smallest absolute Gasteiger partial charge is 0.188 e. The van der Waals surface area contributed by atoms with Crippen LogP contribution in [0.4, 0.5) is 5.82 Å². The van der Waals surface area contributed by atoms with Gasteiger partial charge in [-0.2, -0.15) is 0 Å². The molecule has 0 amide bonds. The molecule has 3 rings (SSSR count). The van der Waals surface area contributed by atoms with Crippen LogP contribution in [0.3, 0.4) is 0 Å². The Morgan fingerprint density at radius 1 is 1.50 bits per heavy atom. The van der Waals surface area contributed by atoms with Crippen LogP contribution in [0.2, 0.25) is 0 Å². The van der Waals surface area contributed by atoms with Crippen LogP contribution in [0.5, 0.6) is 0 Å². The highest BCUT2D eigenvalue weighted by Gasteiger charge is 2.33. The summed E-state index contributed by atoms with van der Waals surface area (Å²) in [5, 5.41) is 7.64. The maximum absolute atomic E-state index is 11.2. The second-order valence-corrected chi connectivity index (χ2v) is 5.31. The van der Waals surface area contributed by atoms with E-state index in [1.807, 2.05) is 17.0 Å². The van der Waals surface area contributed by atoms with Crippen LogP contribution in [0.15, 0.2) is 35.2 Å². The molecule has 8 heteroatoms. The van der Waals surface area contributed by atoms with Crippen molar-refractivity contribution in [1.29, 1.82) is 0 Å². The maximum atomic E-state index is 11.2. The molecule has 104 valence electrons. The van der Waals surface area contributed by atoms with Gasteiger partial charge in [0.1, 0.15) is 5.82 Å². The molecule has 2 unspecified atom stereocenters. The van der Waals surface area contributed by atoms with Gasteiger partial charge in [-0.15, -0.1) is 5.10 Å². The highest BCUT2D eigenvalue weighted by Crippen LogP contribution is 2.23. The van der Waals surface area contributed by atoms with Crippen molar-refractivity contribution in [2.24, 2.45) is 0 Å². The Bertz CT molecular complexity index is 574. The molecule has 1 aliphatic rings. The summed E-state index contributed by atoms with van der Waals surface area (Å²) >= 11 is 3.34. The molecule has 20 heavy (non-hydrogen) atoms. The van der Waals surface area contributed by atoms with E-state index in [9.17, 15) is 4.79 Å². The molecular weight excluding hydrogens is 326 g/mol. The second kappa shape index (κ2) is 5.68. The first-order chi connectivity index (χ1) is 9.76. The zero-order valence-electron chi connectivity index (χ0n) is 10.5. The summed E-state index contributed by atoms with van der Waals surface area (Å²) < 4.78 is 8.28. The summed E-state index contributed by atoms with van der Waals surface area (Å²) in [6.45, 7) is 1.13. The van der Waals surface area contributed by atoms with Gasteiger partial charge in [0, 0.05) is 16.9 Å². The van der Waals surface area contributed by atoms with Crippen molar-refractivity contribution in [2.75, 3.05) is 11.4 Å². The first kappa shape index (κ1) is 13.2. The lowest BCUT2D eigenvalue weighted by Crippen LogP contribution is -2.32. The number of halogens is 1. The summed E-state index contributed by atoms with van der Waals surface area (Å²) in [4.78, 5) is 17.3. The minimum atomic E-state index is -0.614. The van der Waals surface area contributed by atoms with E-state index in [-0.39, 0.29) is 6.10 Å². The maximum Gasteiger partial charge on any atom is 0.188 e. The third-order valence-electron chi connectivity index (χ3n) is 3.02. The molecule has 0 saturated carbocycles. The Hall–Kier alpha value is -1.80. The summed E-state index contributed by atoms with van der Waals surface area (Å²) in [6.07, 6.45) is 5.11. The average Bonchev–Trinajstić information content (AvgIpc) is 3.09. The van der Waals surface area contributed by atoms with Gasteiger partial charge in [-0.05, 0) is 28.1 Å². The van der Waals surface area contributed by atoms with E-state index in [1.54, 1.807) is 23.3 Å². The molecule has 0 aromatic carbocycles. The third-order valence-corrected chi connectivity index (χ3v) is 3.49. The zero-order valence-corrected chi connectivity index (χ0v) is 12.0. The highest BCUT2D eigenvalue weighted by molar-refractivity contribution is 9.10.